The summed E-state index contributed by atoms with van der Waals surface area (Å²) in [4.78, 5) is 11.6. The maximum absolute atomic E-state index is 12.1. The van der Waals surface area contributed by atoms with E-state index in [0.29, 0.717) is 0 Å². The van der Waals surface area contributed by atoms with Crippen LogP contribution in [0, 0.1) is 0 Å². The average Bonchev–Trinajstić information content (AvgIpc) is 1.81. The van der Waals surface area contributed by atoms with Crippen molar-refractivity contribution in [2.45, 2.75) is 5.92 Å². The van der Waals surface area contributed by atoms with Crippen molar-refractivity contribution in [3.63, 3.8) is 0 Å². The number of hydrogen-bond acceptors (Lipinski definition) is 1. The van der Waals surface area contributed by atoms with Crippen LogP contribution in [-0.2, 0) is 0 Å². The fourth-order valence-corrected chi connectivity index (χ4v) is 0.814. The van der Waals surface area contributed by atoms with Gasteiger partial charge in [0.2, 0.25) is 0 Å². The molecule has 0 aromatic rings. The Morgan fingerprint density at radius 2 is 2.10 bits per heavy atom. The van der Waals surface area contributed by atoms with Gasteiger partial charge in [0.25, 0.3) is 5.92 Å². The lowest BCUT2D eigenvalue weighted by atomic mass is 10.2. The summed E-state index contributed by atoms with van der Waals surface area (Å²) >= 11 is 0. The molecule has 2 amide bonds. The number of likely N-dealkylation sites (tertiary alicyclic amines) is 1. The van der Waals surface area contributed by atoms with Crippen molar-refractivity contribution in [3.05, 3.63) is 0 Å². The molecule has 10 heavy (non-hydrogen) atoms. The number of rotatable bonds is 0. The molecule has 0 radical (unpaired) electrons. The molecule has 1 saturated heterocycles. The minimum absolute atomic E-state index is 0.439. The van der Waals surface area contributed by atoms with E-state index in [0.717, 1.165) is 4.90 Å². The molecule has 0 atom stereocenters. The number of nitrogens with zero attached hydrogens (tertiary/aromatic N) is 1. The highest BCUT2D eigenvalue weighted by molar-refractivity contribution is 5.74. The molecule has 1 aliphatic heterocycles. The predicted molar refractivity (Wildman–Crippen MR) is 31.0 cm³/mol. The lowest BCUT2D eigenvalue weighted by molar-refractivity contribution is -0.109. The van der Waals surface area contributed by atoms with Gasteiger partial charge in [-0.05, 0) is 0 Å². The van der Waals surface area contributed by atoms with E-state index in [9.17, 15) is 13.6 Å². The molecule has 3 nitrogen and oxygen atoms in total. The zero-order valence-corrected chi connectivity index (χ0v) is 5.53. The fraction of sp³-hybridized carbons (Fsp3) is 0.800. The first kappa shape index (κ1) is 7.24. The number of nitrogens with one attached hydrogen (secondary N) is 1. The van der Waals surface area contributed by atoms with Gasteiger partial charge in [0, 0.05) is 7.05 Å². The molecule has 0 aromatic carbocycles. The molecule has 0 saturated carbocycles. The third kappa shape index (κ3) is 1.17. The standard InChI is InChI=1S/C5H8F2N2O/c1-8-4(10)9-2-5(6,7)3-9/h2-3H2,1H3,(H,8,10). The Morgan fingerprint density at radius 3 is 2.40 bits per heavy atom. The number of carbonyl (C=O) groups is 1. The molecule has 0 aromatic heterocycles. The highest BCUT2D eigenvalue weighted by Crippen LogP contribution is 2.25. The topological polar surface area (TPSA) is 32.3 Å². The summed E-state index contributed by atoms with van der Waals surface area (Å²) in [5.41, 5.74) is 0. The summed E-state index contributed by atoms with van der Waals surface area (Å²) in [7, 11) is 1.42. The minimum Gasteiger partial charge on any atom is -0.341 e. The van der Waals surface area contributed by atoms with Crippen LogP contribution in [0.5, 0.6) is 0 Å². The number of halogens is 2. The molecule has 0 bridgehead atoms. The summed E-state index contributed by atoms with van der Waals surface area (Å²) in [5.74, 6) is -2.66. The SMILES string of the molecule is CNC(=O)N1CC(F)(F)C1. The van der Waals surface area contributed by atoms with Crippen LogP contribution in [0.4, 0.5) is 13.6 Å². The highest BCUT2D eigenvalue weighted by atomic mass is 19.3. The van der Waals surface area contributed by atoms with Crippen LogP contribution in [0.15, 0.2) is 0 Å². The van der Waals surface area contributed by atoms with E-state index in [2.05, 4.69) is 5.32 Å². The van der Waals surface area contributed by atoms with Gasteiger partial charge in [-0.1, -0.05) is 0 Å². The van der Waals surface area contributed by atoms with Gasteiger partial charge in [-0.25, -0.2) is 13.6 Å². The van der Waals surface area contributed by atoms with Gasteiger partial charge >= 0.3 is 6.03 Å². The Hall–Kier alpha value is -0.870. The summed E-state index contributed by atoms with van der Waals surface area (Å²) in [6.45, 7) is -0.903. The van der Waals surface area contributed by atoms with E-state index in [-0.39, 0.29) is 0 Å². The van der Waals surface area contributed by atoms with Crippen LogP contribution in [0.25, 0.3) is 0 Å². The average molecular weight is 150 g/mol. The molecule has 0 aliphatic carbocycles. The first-order chi connectivity index (χ1) is 4.55. The maximum Gasteiger partial charge on any atom is 0.317 e. The highest BCUT2D eigenvalue weighted by Gasteiger charge is 2.45. The smallest absolute Gasteiger partial charge is 0.317 e. The van der Waals surface area contributed by atoms with Gasteiger partial charge in [-0.15, -0.1) is 0 Å². The van der Waals surface area contributed by atoms with Gasteiger partial charge in [0.05, 0.1) is 13.1 Å². The molecule has 5 heteroatoms. The van der Waals surface area contributed by atoms with E-state index in [4.69, 9.17) is 0 Å². The zero-order valence-electron chi connectivity index (χ0n) is 5.53. The zero-order chi connectivity index (χ0) is 7.78. The second kappa shape index (κ2) is 2.07. The second-order valence-electron chi connectivity index (χ2n) is 2.27. The van der Waals surface area contributed by atoms with Crippen molar-refractivity contribution < 1.29 is 13.6 Å². The van der Waals surface area contributed by atoms with Crippen LogP contribution in [0.3, 0.4) is 0 Å². The number of urea groups is 1. The second-order valence-corrected chi connectivity index (χ2v) is 2.27. The summed E-state index contributed by atoms with van der Waals surface area (Å²) in [6, 6.07) is -0.439. The van der Waals surface area contributed by atoms with Crippen molar-refractivity contribution in [3.8, 4) is 0 Å². The maximum atomic E-state index is 12.1. The largest absolute Gasteiger partial charge is 0.341 e. The Morgan fingerprint density at radius 1 is 1.60 bits per heavy atom. The van der Waals surface area contributed by atoms with Crippen LogP contribution in [0.1, 0.15) is 0 Å². The van der Waals surface area contributed by atoms with Crippen LogP contribution >= 0.6 is 0 Å². The van der Waals surface area contributed by atoms with Gasteiger partial charge in [0.1, 0.15) is 0 Å². The molecule has 1 fully saturated rings. The van der Waals surface area contributed by atoms with E-state index in [1.165, 1.54) is 7.05 Å². The van der Waals surface area contributed by atoms with Crippen molar-refractivity contribution in [1.29, 1.82) is 0 Å². The molecule has 1 aliphatic rings. The Bertz CT molecular complexity index is 152. The van der Waals surface area contributed by atoms with Crippen LogP contribution in [0.2, 0.25) is 0 Å². The Kier molecular flexibility index (Phi) is 1.50. The third-order valence-corrected chi connectivity index (χ3v) is 1.35. The quantitative estimate of drug-likeness (QED) is 0.528. The van der Waals surface area contributed by atoms with Gasteiger partial charge in [-0.3, -0.25) is 0 Å². The molecule has 58 valence electrons. The lowest BCUT2D eigenvalue weighted by Gasteiger charge is -2.38. The molecular formula is C5H8F2N2O. The van der Waals surface area contributed by atoms with Crippen LogP contribution < -0.4 is 5.32 Å². The van der Waals surface area contributed by atoms with Gasteiger partial charge in [0.15, 0.2) is 0 Å². The Balaban J connectivity index is 2.33. The van der Waals surface area contributed by atoms with E-state index in [1.54, 1.807) is 0 Å². The molecule has 1 heterocycles. The molecular weight excluding hydrogens is 142 g/mol. The Labute approximate surface area is 57.0 Å². The van der Waals surface area contributed by atoms with E-state index >= 15 is 0 Å². The molecule has 1 N–H and O–H groups in total. The summed E-state index contributed by atoms with van der Waals surface area (Å²) < 4.78 is 24.1. The monoisotopic (exact) mass is 150 g/mol. The normalized spacial score (nSPS) is 21.7. The van der Waals surface area contributed by atoms with E-state index in [1.807, 2.05) is 0 Å². The predicted octanol–water partition coefficient (Wildman–Crippen LogP) is 0.277. The number of amides is 2. The van der Waals surface area contributed by atoms with Crippen molar-refractivity contribution in [2.24, 2.45) is 0 Å². The summed E-state index contributed by atoms with van der Waals surface area (Å²) in [6.07, 6.45) is 0. The number of alkyl halides is 2. The van der Waals surface area contributed by atoms with Crippen LogP contribution in [-0.4, -0.2) is 37.0 Å². The molecule has 0 unspecified atom stereocenters. The molecule has 1 rings (SSSR count). The number of carbonyl (C=O) groups excluding carboxylic acids is 1. The van der Waals surface area contributed by atoms with E-state index < -0.39 is 25.0 Å². The summed E-state index contributed by atoms with van der Waals surface area (Å²) in [5, 5.41) is 2.26. The lowest BCUT2D eigenvalue weighted by Crippen LogP contribution is -2.60. The van der Waals surface area contributed by atoms with Gasteiger partial charge in [-0.2, -0.15) is 0 Å². The van der Waals surface area contributed by atoms with Gasteiger partial charge < -0.3 is 10.2 Å². The fourth-order valence-electron chi connectivity index (χ4n) is 0.814. The third-order valence-electron chi connectivity index (χ3n) is 1.35. The van der Waals surface area contributed by atoms with Crippen molar-refractivity contribution in [2.75, 3.05) is 20.1 Å². The minimum atomic E-state index is -2.66. The first-order valence-electron chi connectivity index (χ1n) is 2.90. The number of hydrogen-bond donors (Lipinski definition) is 1. The molecule has 0 spiro atoms. The van der Waals surface area contributed by atoms with Crippen molar-refractivity contribution >= 4 is 6.03 Å². The van der Waals surface area contributed by atoms with Crippen molar-refractivity contribution in [1.82, 2.24) is 10.2 Å². The first-order valence-corrected chi connectivity index (χ1v) is 2.90.